The quantitative estimate of drug-likeness (QED) is 0.386. The minimum atomic E-state index is -0.424. The summed E-state index contributed by atoms with van der Waals surface area (Å²) in [4.78, 5) is 24.2. The first-order valence-corrected chi connectivity index (χ1v) is 12.6. The number of carbonyl (C=O) groups is 2. The van der Waals surface area contributed by atoms with Crippen LogP contribution in [0.5, 0.6) is 0 Å². The van der Waals surface area contributed by atoms with Crippen LogP contribution in [-0.2, 0) is 14.3 Å². The largest absolute Gasteiger partial charge is 0.381 e. The maximum absolute atomic E-state index is 13.0. The summed E-state index contributed by atoms with van der Waals surface area (Å²) in [6, 6.07) is 15.1. The monoisotopic (exact) mass is 501 g/mol. The Kier molecular flexibility index (Phi) is 11.0. The van der Waals surface area contributed by atoms with E-state index in [0.717, 1.165) is 37.2 Å². The van der Waals surface area contributed by atoms with Gasteiger partial charge in [-0.2, -0.15) is 0 Å². The van der Waals surface area contributed by atoms with E-state index in [9.17, 15) is 9.59 Å². The Morgan fingerprint density at radius 2 is 1.91 bits per heavy atom. The molecule has 190 valence electrons. The van der Waals surface area contributed by atoms with Crippen molar-refractivity contribution in [1.82, 2.24) is 16.0 Å². The molecule has 8 heteroatoms. The minimum absolute atomic E-state index is 0.109. The molecule has 35 heavy (non-hydrogen) atoms. The van der Waals surface area contributed by atoms with Crippen molar-refractivity contribution >= 4 is 23.4 Å². The van der Waals surface area contributed by atoms with E-state index in [-0.39, 0.29) is 17.9 Å². The van der Waals surface area contributed by atoms with Crippen molar-refractivity contribution in [3.05, 3.63) is 70.2 Å². The average Bonchev–Trinajstić information content (AvgIpc) is 2.87. The van der Waals surface area contributed by atoms with E-state index in [1.807, 2.05) is 43.4 Å². The Balaban J connectivity index is 1.67. The molecule has 0 bridgehead atoms. The third kappa shape index (κ3) is 8.93. The summed E-state index contributed by atoms with van der Waals surface area (Å²) in [6.07, 6.45) is 2.81. The highest BCUT2D eigenvalue weighted by atomic mass is 35.5. The fourth-order valence-electron chi connectivity index (χ4n) is 4.32. The zero-order valence-corrected chi connectivity index (χ0v) is 21.3. The second-order valence-corrected chi connectivity index (χ2v) is 9.37. The number of hydrogen-bond donors (Lipinski definition) is 3. The van der Waals surface area contributed by atoms with Crippen molar-refractivity contribution in [1.29, 1.82) is 0 Å². The van der Waals surface area contributed by atoms with Gasteiger partial charge in [0.2, 0.25) is 5.91 Å². The summed E-state index contributed by atoms with van der Waals surface area (Å²) in [5.74, 6) is 0.284. The van der Waals surface area contributed by atoms with Crippen molar-refractivity contribution in [3.63, 3.8) is 0 Å². The predicted molar refractivity (Wildman–Crippen MR) is 138 cm³/mol. The van der Waals surface area contributed by atoms with Gasteiger partial charge in [-0.05, 0) is 67.6 Å². The predicted octanol–water partition coefficient (Wildman–Crippen LogP) is 3.72. The van der Waals surface area contributed by atoms with Crippen molar-refractivity contribution in [3.8, 4) is 0 Å². The van der Waals surface area contributed by atoms with E-state index < -0.39 is 6.10 Å². The van der Waals surface area contributed by atoms with Gasteiger partial charge in [0.15, 0.2) is 0 Å². The molecule has 2 amide bonds. The van der Waals surface area contributed by atoms with Crippen molar-refractivity contribution in [2.45, 2.75) is 38.3 Å². The third-order valence-corrected chi connectivity index (χ3v) is 6.39. The van der Waals surface area contributed by atoms with E-state index in [1.54, 1.807) is 12.1 Å². The number of halogens is 1. The lowest BCUT2D eigenvalue weighted by Gasteiger charge is -2.26. The standard InChI is InChI=1S/C27H36ClN3O4/c1-19(32)30-11-13-35-26(22-8-4-10-24(28)16-22)21-7-3-9-23(15-21)27(33)31-17-25(29-2)14-20-6-5-12-34-18-20/h3-4,7-10,15-16,20,25-26,29H,5-6,11-14,17-18H2,1-2H3,(H,30,32)(H,31,33)/t20?,25-,26-/m1/s1. The molecule has 1 fully saturated rings. The summed E-state index contributed by atoms with van der Waals surface area (Å²) < 4.78 is 11.7. The second kappa shape index (κ2) is 14.2. The zero-order chi connectivity index (χ0) is 25.0. The van der Waals surface area contributed by atoms with Crippen molar-refractivity contribution in [2.75, 3.05) is 40.0 Å². The molecule has 1 aliphatic heterocycles. The molecule has 2 aromatic rings. The Hall–Kier alpha value is -2.45. The maximum atomic E-state index is 13.0. The first-order valence-electron chi connectivity index (χ1n) is 12.2. The smallest absolute Gasteiger partial charge is 0.251 e. The SMILES string of the molecule is CN[C@@H](CNC(=O)c1cccc([C@@H](OCCNC(C)=O)c2cccc(Cl)c2)c1)CC1CCCOC1. The summed E-state index contributed by atoms with van der Waals surface area (Å²) in [5, 5.41) is 9.73. The van der Waals surface area contributed by atoms with Gasteiger partial charge in [-0.25, -0.2) is 0 Å². The van der Waals surface area contributed by atoms with Crippen LogP contribution in [0.25, 0.3) is 0 Å². The van der Waals surface area contributed by atoms with Gasteiger partial charge in [0.1, 0.15) is 6.10 Å². The number of likely N-dealkylation sites (N-methyl/N-ethyl adjacent to an activating group) is 1. The first-order chi connectivity index (χ1) is 17.0. The van der Waals surface area contributed by atoms with E-state index in [1.165, 1.54) is 13.3 Å². The number of amides is 2. The van der Waals surface area contributed by atoms with Gasteiger partial charge in [0.05, 0.1) is 6.61 Å². The lowest BCUT2D eigenvalue weighted by atomic mass is 9.94. The summed E-state index contributed by atoms with van der Waals surface area (Å²) in [5.41, 5.74) is 2.28. The molecule has 1 unspecified atom stereocenters. The molecule has 1 saturated heterocycles. The van der Waals surface area contributed by atoms with Gasteiger partial charge in [-0.3, -0.25) is 9.59 Å². The lowest BCUT2D eigenvalue weighted by molar-refractivity contribution is -0.119. The van der Waals surface area contributed by atoms with Gasteiger partial charge in [-0.15, -0.1) is 0 Å². The highest BCUT2D eigenvalue weighted by Crippen LogP contribution is 2.28. The number of rotatable bonds is 12. The maximum Gasteiger partial charge on any atom is 0.251 e. The van der Waals surface area contributed by atoms with E-state index in [2.05, 4.69) is 16.0 Å². The highest BCUT2D eigenvalue weighted by molar-refractivity contribution is 6.30. The van der Waals surface area contributed by atoms with Gasteiger partial charge in [0, 0.05) is 49.9 Å². The van der Waals surface area contributed by atoms with Gasteiger partial charge in [0.25, 0.3) is 5.91 Å². The average molecular weight is 502 g/mol. The number of carbonyl (C=O) groups excluding carboxylic acids is 2. The van der Waals surface area contributed by atoms with Crippen LogP contribution in [0.3, 0.4) is 0 Å². The molecule has 7 nitrogen and oxygen atoms in total. The van der Waals surface area contributed by atoms with Crippen LogP contribution in [0.15, 0.2) is 48.5 Å². The second-order valence-electron chi connectivity index (χ2n) is 8.93. The summed E-state index contributed by atoms with van der Waals surface area (Å²) >= 11 is 6.22. The molecule has 0 saturated carbocycles. The van der Waals surface area contributed by atoms with E-state index in [4.69, 9.17) is 21.1 Å². The molecular weight excluding hydrogens is 466 g/mol. The molecule has 3 N–H and O–H groups in total. The normalized spacial score (nSPS) is 17.4. The molecule has 0 radical (unpaired) electrons. The third-order valence-electron chi connectivity index (χ3n) is 6.15. The summed E-state index contributed by atoms with van der Waals surface area (Å²) in [6.45, 7) is 4.37. The number of hydrogen-bond acceptors (Lipinski definition) is 5. The van der Waals surface area contributed by atoms with Crippen molar-refractivity contribution < 1.29 is 19.1 Å². The molecular formula is C27H36ClN3O4. The van der Waals surface area contributed by atoms with Gasteiger partial charge < -0.3 is 25.4 Å². The highest BCUT2D eigenvalue weighted by Gasteiger charge is 2.20. The number of benzene rings is 2. The van der Waals surface area contributed by atoms with Crippen LogP contribution < -0.4 is 16.0 Å². The molecule has 1 aliphatic rings. The van der Waals surface area contributed by atoms with Crippen molar-refractivity contribution in [2.24, 2.45) is 5.92 Å². The molecule has 3 rings (SSSR count). The number of ether oxygens (including phenoxy) is 2. The molecule has 1 heterocycles. The minimum Gasteiger partial charge on any atom is -0.381 e. The fourth-order valence-corrected chi connectivity index (χ4v) is 4.52. The number of nitrogens with one attached hydrogen (secondary N) is 3. The molecule has 2 aromatic carbocycles. The van der Waals surface area contributed by atoms with Crippen LogP contribution >= 0.6 is 11.6 Å². The van der Waals surface area contributed by atoms with Gasteiger partial charge in [-0.1, -0.05) is 35.9 Å². The van der Waals surface area contributed by atoms with Crippen LogP contribution in [0.4, 0.5) is 0 Å². The molecule has 3 atom stereocenters. The Labute approximate surface area is 212 Å². The zero-order valence-electron chi connectivity index (χ0n) is 20.5. The Morgan fingerprint density at radius 3 is 2.60 bits per heavy atom. The Morgan fingerprint density at radius 1 is 1.14 bits per heavy atom. The van der Waals surface area contributed by atoms with Crippen LogP contribution in [0.1, 0.15) is 53.8 Å². The first kappa shape index (κ1) is 27.1. The molecule has 0 spiro atoms. The molecule has 0 aromatic heterocycles. The lowest BCUT2D eigenvalue weighted by Crippen LogP contribution is -2.41. The molecule has 0 aliphatic carbocycles. The van der Waals surface area contributed by atoms with Crippen LogP contribution in [-0.4, -0.2) is 57.8 Å². The summed E-state index contributed by atoms with van der Waals surface area (Å²) in [7, 11) is 1.93. The van der Waals surface area contributed by atoms with Gasteiger partial charge >= 0.3 is 0 Å². The van der Waals surface area contributed by atoms with E-state index in [0.29, 0.717) is 36.2 Å². The fraction of sp³-hybridized carbons (Fsp3) is 0.481. The van der Waals surface area contributed by atoms with Crippen LogP contribution in [0.2, 0.25) is 5.02 Å². The topological polar surface area (TPSA) is 88.7 Å². The van der Waals surface area contributed by atoms with E-state index >= 15 is 0 Å². The van der Waals surface area contributed by atoms with Crippen LogP contribution in [0, 0.1) is 5.92 Å². The Bertz CT molecular complexity index is 965.